The lowest BCUT2D eigenvalue weighted by atomic mass is 10.2. The molecule has 80 valence electrons. The van der Waals surface area contributed by atoms with Crippen LogP contribution in [0, 0.1) is 0 Å². The third kappa shape index (κ3) is 2.13. The first kappa shape index (κ1) is 10.1. The van der Waals surface area contributed by atoms with Gasteiger partial charge in [0, 0.05) is 12.7 Å². The van der Waals surface area contributed by atoms with Crippen molar-refractivity contribution in [3.63, 3.8) is 0 Å². The predicted molar refractivity (Wildman–Crippen MR) is 55.9 cm³/mol. The Hall–Kier alpha value is -1.48. The summed E-state index contributed by atoms with van der Waals surface area (Å²) < 4.78 is 16.2. The average Bonchev–Trinajstić information content (AvgIpc) is 2.78. The molecule has 1 heterocycles. The van der Waals surface area contributed by atoms with Gasteiger partial charge in [0.2, 0.25) is 0 Å². The Bertz CT molecular complexity index is 345. The fourth-order valence-corrected chi connectivity index (χ4v) is 1.37. The molecular formula is C12H14O3. The Labute approximate surface area is 89.3 Å². The zero-order valence-corrected chi connectivity index (χ0v) is 8.84. The molecule has 0 aliphatic carbocycles. The molecule has 0 radical (unpaired) electrons. The van der Waals surface area contributed by atoms with Gasteiger partial charge in [-0.1, -0.05) is 30.3 Å². The molecule has 0 bridgehead atoms. The van der Waals surface area contributed by atoms with E-state index in [2.05, 4.69) is 0 Å². The molecule has 1 aliphatic heterocycles. The molecule has 0 spiro atoms. The molecular weight excluding hydrogens is 192 g/mol. The Morgan fingerprint density at radius 3 is 2.67 bits per heavy atom. The Balaban J connectivity index is 2.02. The number of hydrogen-bond acceptors (Lipinski definition) is 3. The maximum Gasteiger partial charge on any atom is 0.266 e. The molecule has 1 aromatic rings. The van der Waals surface area contributed by atoms with Crippen LogP contribution < -0.4 is 0 Å². The summed E-state index contributed by atoms with van der Waals surface area (Å²) in [5.41, 5.74) is 1.01. The summed E-state index contributed by atoms with van der Waals surface area (Å²) >= 11 is 0. The summed E-state index contributed by atoms with van der Waals surface area (Å²) in [6.07, 6.45) is 1.21. The van der Waals surface area contributed by atoms with Gasteiger partial charge in [0.25, 0.3) is 6.29 Å². The second kappa shape index (κ2) is 4.36. The highest BCUT2D eigenvalue weighted by atomic mass is 16.7. The summed E-state index contributed by atoms with van der Waals surface area (Å²) in [5.74, 6) is 0.728. The highest BCUT2D eigenvalue weighted by Gasteiger charge is 2.24. The first-order valence-electron chi connectivity index (χ1n) is 4.91. The van der Waals surface area contributed by atoms with Crippen molar-refractivity contribution in [2.45, 2.75) is 19.3 Å². The van der Waals surface area contributed by atoms with E-state index < -0.39 is 0 Å². The first-order valence-corrected chi connectivity index (χ1v) is 4.91. The molecule has 1 aromatic carbocycles. The highest BCUT2D eigenvalue weighted by Crippen LogP contribution is 2.29. The second-order valence-corrected chi connectivity index (χ2v) is 3.39. The fourth-order valence-electron chi connectivity index (χ4n) is 1.37. The molecule has 0 saturated heterocycles. The number of ether oxygens (including phenoxy) is 3. The van der Waals surface area contributed by atoms with Gasteiger partial charge in [-0.15, -0.1) is 0 Å². The van der Waals surface area contributed by atoms with E-state index in [-0.39, 0.29) is 12.4 Å². The van der Waals surface area contributed by atoms with Crippen molar-refractivity contribution in [3.8, 4) is 0 Å². The van der Waals surface area contributed by atoms with Crippen LogP contribution in [0.1, 0.15) is 18.8 Å². The van der Waals surface area contributed by atoms with E-state index in [1.807, 2.05) is 37.3 Å². The normalized spacial score (nSPS) is 21.5. The van der Waals surface area contributed by atoms with Gasteiger partial charge >= 0.3 is 0 Å². The van der Waals surface area contributed by atoms with Gasteiger partial charge in [0.1, 0.15) is 12.4 Å². The minimum absolute atomic E-state index is 0.0706. The lowest BCUT2D eigenvalue weighted by Crippen LogP contribution is -2.10. The topological polar surface area (TPSA) is 27.7 Å². The van der Waals surface area contributed by atoms with Crippen molar-refractivity contribution < 1.29 is 14.2 Å². The second-order valence-electron chi connectivity index (χ2n) is 3.39. The first-order chi connectivity index (χ1) is 7.31. The lowest BCUT2D eigenvalue weighted by Gasteiger charge is -2.14. The molecule has 0 aromatic heterocycles. The van der Waals surface area contributed by atoms with E-state index in [0.717, 1.165) is 11.3 Å². The van der Waals surface area contributed by atoms with Gasteiger partial charge < -0.3 is 14.2 Å². The maximum absolute atomic E-state index is 5.61. The molecule has 15 heavy (non-hydrogen) atoms. The number of methoxy groups -OCH3 is 1. The summed E-state index contributed by atoms with van der Waals surface area (Å²) in [5, 5.41) is 0. The zero-order valence-electron chi connectivity index (χ0n) is 8.84. The van der Waals surface area contributed by atoms with E-state index in [0.29, 0.717) is 0 Å². The largest absolute Gasteiger partial charge is 0.455 e. The molecule has 0 saturated carbocycles. The molecule has 1 aliphatic rings. The van der Waals surface area contributed by atoms with Crippen molar-refractivity contribution in [2.75, 3.05) is 7.11 Å². The van der Waals surface area contributed by atoms with E-state index >= 15 is 0 Å². The van der Waals surface area contributed by atoms with Crippen molar-refractivity contribution in [2.24, 2.45) is 0 Å². The van der Waals surface area contributed by atoms with Crippen LogP contribution in [0.4, 0.5) is 0 Å². The van der Waals surface area contributed by atoms with Gasteiger partial charge in [0.05, 0.1) is 0 Å². The third-order valence-electron chi connectivity index (χ3n) is 2.38. The van der Waals surface area contributed by atoms with Crippen molar-refractivity contribution in [1.29, 1.82) is 0 Å². The summed E-state index contributed by atoms with van der Waals surface area (Å²) in [7, 11) is 1.64. The predicted octanol–water partition coefficient (Wildman–Crippen LogP) is 2.61. The van der Waals surface area contributed by atoms with Crippen LogP contribution in [0.15, 0.2) is 42.4 Å². The van der Waals surface area contributed by atoms with Gasteiger partial charge in [-0.05, 0) is 6.92 Å². The van der Waals surface area contributed by atoms with Crippen LogP contribution in [0.2, 0.25) is 0 Å². The smallest absolute Gasteiger partial charge is 0.266 e. The van der Waals surface area contributed by atoms with Crippen LogP contribution in [0.5, 0.6) is 0 Å². The molecule has 0 fully saturated rings. The molecule has 3 nitrogen and oxygen atoms in total. The molecule has 0 amide bonds. The van der Waals surface area contributed by atoms with E-state index in [9.17, 15) is 0 Å². The Morgan fingerprint density at radius 1 is 1.27 bits per heavy atom. The Kier molecular flexibility index (Phi) is 2.92. The molecule has 0 N–H and O–H groups in total. The maximum atomic E-state index is 5.61. The van der Waals surface area contributed by atoms with Crippen LogP contribution in [-0.4, -0.2) is 13.2 Å². The van der Waals surface area contributed by atoms with Gasteiger partial charge in [0.15, 0.2) is 5.76 Å². The lowest BCUT2D eigenvalue weighted by molar-refractivity contribution is -0.0498. The molecule has 2 rings (SSSR count). The SMILES string of the molecule is COC(C)C1=COC(c2ccccc2)O1. The van der Waals surface area contributed by atoms with Crippen LogP contribution in [0.25, 0.3) is 0 Å². The highest BCUT2D eigenvalue weighted by molar-refractivity contribution is 5.18. The van der Waals surface area contributed by atoms with Gasteiger partial charge in [-0.2, -0.15) is 0 Å². The fraction of sp³-hybridized carbons (Fsp3) is 0.333. The van der Waals surface area contributed by atoms with Crippen LogP contribution in [0.3, 0.4) is 0 Å². The summed E-state index contributed by atoms with van der Waals surface area (Å²) in [6, 6.07) is 9.82. The molecule has 2 unspecified atom stereocenters. The van der Waals surface area contributed by atoms with E-state index in [1.165, 1.54) is 0 Å². The van der Waals surface area contributed by atoms with Gasteiger partial charge in [-0.25, -0.2) is 0 Å². The standard InChI is InChI=1S/C12H14O3/c1-9(13-2)11-8-14-12(15-11)10-6-4-3-5-7-10/h3-9,12H,1-2H3. The van der Waals surface area contributed by atoms with E-state index in [1.54, 1.807) is 13.4 Å². The molecule has 2 atom stereocenters. The van der Waals surface area contributed by atoms with Gasteiger partial charge in [-0.3, -0.25) is 0 Å². The third-order valence-corrected chi connectivity index (χ3v) is 2.38. The van der Waals surface area contributed by atoms with E-state index in [4.69, 9.17) is 14.2 Å². The van der Waals surface area contributed by atoms with Crippen molar-refractivity contribution >= 4 is 0 Å². The summed E-state index contributed by atoms with van der Waals surface area (Å²) in [6.45, 7) is 1.92. The van der Waals surface area contributed by atoms with Crippen LogP contribution >= 0.6 is 0 Å². The minimum atomic E-state index is -0.334. The van der Waals surface area contributed by atoms with Crippen molar-refractivity contribution in [1.82, 2.24) is 0 Å². The zero-order chi connectivity index (χ0) is 10.7. The number of rotatable bonds is 3. The van der Waals surface area contributed by atoms with Crippen LogP contribution in [-0.2, 0) is 14.2 Å². The quantitative estimate of drug-likeness (QED) is 0.760. The van der Waals surface area contributed by atoms with Crippen molar-refractivity contribution in [3.05, 3.63) is 47.9 Å². The summed E-state index contributed by atoms with van der Waals surface area (Å²) in [4.78, 5) is 0. The minimum Gasteiger partial charge on any atom is -0.455 e. The average molecular weight is 206 g/mol. The number of hydrogen-bond donors (Lipinski definition) is 0. The number of benzene rings is 1. The monoisotopic (exact) mass is 206 g/mol. The molecule has 3 heteroatoms. The Morgan fingerprint density at radius 2 is 2.00 bits per heavy atom.